The largest absolute Gasteiger partial charge is 0.397 e. The molecule has 4 nitrogen and oxygen atoms in total. The Morgan fingerprint density at radius 3 is 2.83 bits per heavy atom. The molecular weight excluding hydrogens is 246 g/mol. The maximum atomic E-state index is 12.2. The van der Waals surface area contributed by atoms with Crippen LogP contribution in [0.15, 0.2) is 12.3 Å². The van der Waals surface area contributed by atoms with Crippen molar-refractivity contribution in [3.05, 3.63) is 18.0 Å². The number of hydrogen-bond donors (Lipinski definition) is 2. The number of nitrogen functional groups attached to an aromatic ring is 1. The van der Waals surface area contributed by atoms with Crippen LogP contribution in [0.4, 0.5) is 5.69 Å². The molecule has 0 bridgehead atoms. The lowest BCUT2D eigenvalue weighted by Crippen LogP contribution is -2.44. The van der Waals surface area contributed by atoms with Gasteiger partial charge in [0.05, 0.1) is 5.69 Å². The zero-order chi connectivity index (χ0) is 13.1. The number of rotatable bonds is 3. The Kier molecular flexibility index (Phi) is 4.22. The maximum absolute atomic E-state index is 12.2. The van der Waals surface area contributed by atoms with Crippen LogP contribution in [0.5, 0.6) is 0 Å². The highest BCUT2D eigenvalue weighted by Crippen LogP contribution is 2.27. The lowest BCUT2D eigenvalue weighted by Gasteiger charge is -2.30. The third-order valence-corrected chi connectivity index (χ3v) is 4.75. The Balaban J connectivity index is 2.04. The van der Waals surface area contributed by atoms with E-state index in [0.717, 1.165) is 6.42 Å². The summed E-state index contributed by atoms with van der Waals surface area (Å²) in [6, 6.07) is 2.02. The summed E-state index contributed by atoms with van der Waals surface area (Å²) in [6.45, 7) is 0. The van der Waals surface area contributed by atoms with Crippen molar-refractivity contribution >= 4 is 23.4 Å². The second-order valence-corrected chi connectivity index (χ2v) is 5.99. The van der Waals surface area contributed by atoms with Crippen molar-refractivity contribution < 1.29 is 4.79 Å². The number of thioether (sulfide) groups is 1. The molecule has 2 unspecified atom stereocenters. The maximum Gasteiger partial charge on any atom is 0.268 e. The summed E-state index contributed by atoms with van der Waals surface area (Å²) in [5.74, 6) is -0.0137. The first kappa shape index (κ1) is 13.3. The molecule has 1 fully saturated rings. The number of hydrogen-bond acceptors (Lipinski definition) is 3. The van der Waals surface area contributed by atoms with Crippen LogP contribution in [0.3, 0.4) is 0 Å². The number of amides is 1. The zero-order valence-corrected chi connectivity index (χ0v) is 11.8. The number of carbonyl (C=O) groups is 1. The molecule has 18 heavy (non-hydrogen) atoms. The van der Waals surface area contributed by atoms with Crippen molar-refractivity contribution in [2.24, 2.45) is 7.05 Å². The molecule has 0 spiro atoms. The first-order valence-electron chi connectivity index (χ1n) is 6.37. The first-order valence-corrected chi connectivity index (χ1v) is 7.66. The van der Waals surface area contributed by atoms with Crippen molar-refractivity contribution in [2.45, 2.75) is 37.0 Å². The fourth-order valence-electron chi connectivity index (χ4n) is 2.60. The Morgan fingerprint density at radius 1 is 1.50 bits per heavy atom. The highest BCUT2D eigenvalue weighted by Gasteiger charge is 2.26. The Hall–Kier alpha value is -1.10. The normalized spacial score (nSPS) is 23.9. The second kappa shape index (κ2) is 5.69. The molecule has 1 aliphatic rings. The number of nitrogens with zero attached hydrogens (tertiary/aromatic N) is 1. The summed E-state index contributed by atoms with van der Waals surface area (Å²) in [6.07, 6.45) is 8.64. The van der Waals surface area contributed by atoms with Gasteiger partial charge in [-0.25, -0.2) is 0 Å². The molecular formula is C13H21N3OS. The van der Waals surface area contributed by atoms with E-state index in [1.54, 1.807) is 16.8 Å². The fraction of sp³-hybridized carbons (Fsp3) is 0.615. The molecule has 1 heterocycles. The molecule has 0 saturated heterocycles. The van der Waals surface area contributed by atoms with Crippen molar-refractivity contribution in [2.75, 3.05) is 12.0 Å². The van der Waals surface area contributed by atoms with Crippen molar-refractivity contribution in [1.82, 2.24) is 9.88 Å². The molecule has 0 aromatic carbocycles. The van der Waals surface area contributed by atoms with Gasteiger partial charge in [-0.1, -0.05) is 12.8 Å². The van der Waals surface area contributed by atoms with Crippen LogP contribution in [0.25, 0.3) is 0 Å². The minimum atomic E-state index is -0.0137. The summed E-state index contributed by atoms with van der Waals surface area (Å²) < 4.78 is 1.78. The number of carbonyl (C=O) groups excluding carboxylic acids is 1. The van der Waals surface area contributed by atoms with E-state index in [1.165, 1.54) is 19.3 Å². The minimum Gasteiger partial charge on any atom is -0.397 e. The van der Waals surface area contributed by atoms with Gasteiger partial charge in [-0.05, 0) is 25.2 Å². The average molecular weight is 267 g/mol. The Labute approximate surface area is 112 Å². The van der Waals surface area contributed by atoms with E-state index in [0.29, 0.717) is 16.6 Å². The van der Waals surface area contributed by atoms with Gasteiger partial charge in [0.2, 0.25) is 0 Å². The molecule has 100 valence electrons. The molecule has 2 atom stereocenters. The summed E-state index contributed by atoms with van der Waals surface area (Å²) in [7, 11) is 1.85. The van der Waals surface area contributed by atoms with E-state index >= 15 is 0 Å². The molecule has 1 aromatic rings. The van der Waals surface area contributed by atoms with Crippen molar-refractivity contribution in [3.8, 4) is 0 Å². The fourth-order valence-corrected chi connectivity index (χ4v) is 3.54. The summed E-state index contributed by atoms with van der Waals surface area (Å²) in [5.41, 5.74) is 6.97. The van der Waals surface area contributed by atoms with Crippen molar-refractivity contribution in [3.63, 3.8) is 0 Å². The van der Waals surface area contributed by atoms with E-state index in [4.69, 9.17) is 5.73 Å². The van der Waals surface area contributed by atoms with Gasteiger partial charge in [0.1, 0.15) is 5.69 Å². The SMILES string of the molecule is CSC1CCCCC1NC(=O)c1cc(N)cn1C. The Morgan fingerprint density at radius 2 is 2.22 bits per heavy atom. The number of aromatic nitrogens is 1. The molecule has 1 amide bonds. The van der Waals surface area contributed by atoms with Gasteiger partial charge in [0, 0.05) is 24.5 Å². The smallest absolute Gasteiger partial charge is 0.268 e. The van der Waals surface area contributed by atoms with Crippen LogP contribution in [0.2, 0.25) is 0 Å². The number of aryl methyl sites for hydroxylation is 1. The molecule has 1 aliphatic carbocycles. The third kappa shape index (κ3) is 2.83. The van der Waals surface area contributed by atoms with Gasteiger partial charge >= 0.3 is 0 Å². The van der Waals surface area contributed by atoms with Gasteiger partial charge in [-0.3, -0.25) is 4.79 Å². The molecule has 1 aromatic heterocycles. The summed E-state index contributed by atoms with van der Waals surface area (Å²) in [5, 5.41) is 3.70. The molecule has 0 radical (unpaired) electrons. The summed E-state index contributed by atoms with van der Waals surface area (Å²) in [4.78, 5) is 12.2. The van der Waals surface area contributed by atoms with E-state index in [-0.39, 0.29) is 11.9 Å². The lowest BCUT2D eigenvalue weighted by atomic mass is 9.95. The predicted octanol–water partition coefficient (Wildman–Crippen LogP) is 2.01. The molecule has 3 N–H and O–H groups in total. The summed E-state index contributed by atoms with van der Waals surface area (Å²) >= 11 is 1.85. The van der Waals surface area contributed by atoms with Crippen molar-refractivity contribution in [1.29, 1.82) is 0 Å². The van der Waals surface area contributed by atoms with Crippen LogP contribution in [0, 0.1) is 0 Å². The van der Waals surface area contributed by atoms with Crippen LogP contribution in [0.1, 0.15) is 36.2 Å². The first-order chi connectivity index (χ1) is 8.61. The van der Waals surface area contributed by atoms with Gasteiger partial charge in [-0.2, -0.15) is 11.8 Å². The van der Waals surface area contributed by atoms with Gasteiger partial charge in [0.25, 0.3) is 5.91 Å². The van der Waals surface area contributed by atoms with Crippen LogP contribution in [-0.2, 0) is 7.05 Å². The standard InChI is InChI=1S/C13H21N3OS/c1-16-8-9(14)7-11(16)13(17)15-10-5-3-4-6-12(10)18-2/h7-8,10,12H,3-6,14H2,1-2H3,(H,15,17). The quantitative estimate of drug-likeness (QED) is 0.880. The Bertz CT molecular complexity index is 430. The highest BCUT2D eigenvalue weighted by atomic mass is 32.2. The van der Waals surface area contributed by atoms with E-state index in [2.05, 4.69) is 11.6 Å². The average Bonchev–Trinajstić information content (AvgIpc) is 2.69. The van der Waals surface area contributed by atoms with Crippen LogP contribution in [-0.4, -0.2) is 28.0 Å². The van der Waals surface area contributed by atoms with E-state index in [1.807, 2.05) is 18.8 Å². The molecule has 2 rings (SSSR count). The van der Waals surface area contributed by atoms with Crippen LogP contribution < -0.4 is 11.1 Å². The van der Waals surface area contributed by atoms with Crippen LogP contribution >= 0.6 is 11.8 Å². The number of anilines is 1. The monoisotopic (exact) mass is 267 g/mol. The van der Waals surface area contributed by atoms with Gasteiger partial charge in [-0.15, -0.1) is 0 Å². The topological polar surface area (TPSA) is 60.1 Å². The van der Waals surface area contributed by atoms with E-state index < -0.39 is 0 Å². The molecule has 0 aliphatic heterocycles. The molecule has 5 heteroatoms. The number of nitrogens with two attached hydrogens (primary N) is 1. The van der Waals surface area contributed by atoms with Gasteiger partial charge < -0.3 is 15.6 Å². The third-order valence-electron chi connectivity index (χ3n) is 3.58. The lowest BCUT2D eigenvalue weighted by molar-refractivity contribution is 0.0921. The zero-order valence-electron chi connectivity index (χ0n) is 11.0. The minimum absolute atomic E-state index is 0.0137. The number of nitrogens with one attached hydrogen (secondary N) is 1. The molecule has 1 saturated carbocycles. The predicted molar refractivity (Wildman–Crippen MR) is 76.9 cm³/mol. The highest BCUT2D eigenvalue weighted by molar-refractivity contribution is 7.99. The van der Waals surface area contributed by atoms with E-state index in [9.17, 15) is 4.79 Å². The second-order valence-electron chi connectivity index (χ2n) is 4.91. The van der Waals surface area contributed by atoms with Gasteiger partial charge in [0.15, 0.2) is 0 Å².